The fourth-order valence-corrected chi connectivity index (χ4v) is 2.61. The first-order valence-corrected chi connectivity index (χ1v) is 7.05. The van der Waals surface area contributed by atoms with E-state index >= 15 is 0 Å². The Morgan fingerprint density at radius 3 is 2.33 bits per heavy atom. The van der Waals surface area contributed by atoms with Crippen molar-refractivity contribution in [2.75, 3.05) is 24.7 Å². The molecule has 1 heterocycles. The number of fused-ring (bicyclic) bond motifs is 1. The first-order valence-electron chi connectivity index (χ1n) is 7.05. The molecule has 0 radical (unpaired) electrons. The lowest BCUT2D eigenvalue weighted by Crippen LogP contribution is -2.15. The van der Waals surface area contributed by atoms with Gasteiger partial charge in [0, 0.05) is 37.2 Å². The van der Waals surface area contributed by atoms with Crippen molar-refractivity contribution < 1.29 is 0 Å². The Bertz CT molecular complexity index is 764. The van der Waals surface area contributed by atoms with Crippen LogP contribution in [0.2, 0.25) is 0 Å². The number of aromatic nitrogens is 1. The maximum Gasteiger partial charge on any atom is 0.134 e. The fraction of sp³-hybridized carbons (Fsp3) is 0.167. The number of pyridine rings is 1. The Morgan fingerprint density at radius 1 is 0.952 bits per heavy atom. The molecule has 3 nitrogen and oxygen atoms in total. The second-order valence-electron chi connectivity index (χ2n) is 5.40. The number of nitrogens with zero attached hydrogens (tertiary/aromatic N) is 2. The zero-order valence-electron chi connectivity index (χ0n) is 12.4. The summed E-state index contributed by atoms with van der Waals surface area (Å²) in [6.07, 6.45) is 0.790. The number of rotatable bonds is 3. The third kappa shape index (κ3) is 2.55. The Hall–Kier alpha value is -2.55. The number of nitrogens with two attached hydrogens (primary N) is 1. The minimum atomic E-state index is 0.790. The zero-order chi connectivity index (χ0) is 14.8. The van der Waals surface area contributed by atoms with Gasteiger partial charge in [0.25, 0.3) is 0 Å². The Balaban J connectivity index is 2.19. The summed E-state index contributed by atoms with van der Waals surface area (Å²) in [7, 11) is 4.01. The average molecular weight is 277 g/mol. The summed E-state index contributed by atoms with van der Waals surface area (Å²) in [5.41, 5.74) is 10.5. The highest BCUT2D eigenvalue weighted by Crippen LogP contribution is 2.31. The number of hydrogen-bond acceptors (Lipinski definition) is 3. The largest absolute Gasteiger partial charge is 0.398 e. The van der Waals surface area contributed by atoms with Crippen molar-refractivity contribution in [1.82, 2.24) is 4.98 Å². The molecule has 0 amide bonds. The first kappa shape index (κ1) is 13.4. The minimum absolute atomic E-state index is 0.790. The predicted molar refractivity (Wildman–Crippen MR) is 89.7 cm³/mol. The maximum absolute atomic E-state index is 6.44. The van der Waals surface area contributed by atoms with Gasteiger partial charge in [-0.3, -0.25) is 0 Å². The molecule has 0 bridgehead atoms. The summed E-state index contributed by atoms with van der Waals surface area (Å²) < 4.78 is 0. The van der Waals surface area contributed by atoms with Gasteiger partial charge in [0.15, 0.2) is 0 Å². The summed E-state index contributed by atoms with van der Waals surface area (Å²) >= 11 is 0. The standard InChI is InChI=1S/C18H19N3/c1-21(2)18-15(12-13-8-4-3-5-9-13)17(19)14-10-6-7-11-16(14)20-18/h3-11H,12H2,1-2H3,(H2,19,20). The van der Waals surface area contributed by atoms with Crippen LogP contribution in [0, 0.1) is 0 Å². The molecule has 21 heavy (non-hydrogen) atoms. The second-order valence-corrected chi connectivity index (χ2v) is 5.40. The lowest BCUT2D eigenvalue weighted by Gasteiger charge is -2.20. The number of hydrogen-bond donors (Lipinski definition) is 1. The molecule has 1 aromatic heterocycles. The second kappa shape index (κ2) is 5.44. The average Bonchev–Trinajstić information content (AvgIpc) is 2.51. The maximum atomic E-state index is 6.44. The van der Waals surface area contributed by atoms with Crippen LogP contribution in [0.15, 0.2) is 54.6 Å². The van der Waals surface area contributed by atoms with Crippen molar-refractivity contribution >= 4 is 22.4 Å². The van der Waals surface area contributed by atoms with Crippen molar-refractivity contribution in [1.29, 1.82) is 0 Å². The van der Waals surface area contributed by atoms with Crippen LogP contribution in [0.5, 0.6) is 0 Å². The van der Waals surface area contributed by atoms with Gasteiger partial charge in [0.05, 0.1) is 5.52 Å². The van der Waals surface area contributed by atoms with E-state index in [0.717, 1.165) is 34.4 Å². The Morgan fingerprint density at radius 2 is 1.62 bits per heavy atom. The van der Waals surface area contributed by atoms with Crippen LogP contribution in [0.3, 0.4) is 0 Å². The third-order valence-electron chi connectivity index (χ3n) is 3.66. The van der Waals surface area contributed by atoms with Gasteiger partial charge in [-0.15, -0.1) is 0 Å². The number of anilines is 2. The van der Waals surface area contributed by atoms with Gasteiger partial charge in [0.2, 0.25) is 0 Å². The quantitative estimate of drug-likeness (QED) is 0.797. The number of benzene rings is 2. The van der Waals surface area contributed by atoms with Crippen molar-refractivity contribution in [3.8, 4) is 0 Å². The molecule has 3 rings (SSSR count). The lowest BCUT2D eigenvalue weighted by atomic mass is 10.0. The predicted octanol–water partition coefficient (Wildman–Crippen LogP) is 3.47. The van der Waals surface area contributed by atoms with Gasteiger partial charge in [-0.1, -0.05) is 48.5 Å². The van der Waals surface area contributed by atoms with Crippen molar-refractivity contribution in [2.45, 2.75) is 6.42 Å². The number of para-hydroxylation sites is 1. The summed E-state index contributed by atoms with van der Waals surface area (Å²) in [5.74, 6) is 0.940. The smallest absolute Gasteiger partial charge is 0.134 e. The van der Waals surface area contributed by atoms with Crippen LogP contribution in [-0.4, -0.2) is 19.1 Å². The molecule has 0 fully saturated rings. The molecule has 0 aliphatic heterocycles. The molecule has 3 heteroatoms. The summed E-state index contributed by atoms with van der Waals surface area (Å²) in [5, 5.41) is 1.02. The molecule has 0 aliphatic carbocycles. The highest BCUT2D eigenvalue weighted by molar-refractivity contribution is 5.94. The molecule has 3 aromatic rings. The molecular weight excluding hydrogens is 258 g/mol. The topological polar surface area (TPSA) is 42.2 Å². The highest BCUT2D eigenvalue weighted by Gasteiger charge is 2.14. The molecule has 2 aromatic carbocycles. The van der Waals surface area contributed by atoms with E-state index in [1.165, 1.54) is 5.56 Å². The fourth-order valence-electron chi connectivity index (χ4n) is 2.61. The van der Waals surface area contributed by atoms with Gasteiger partial charge < -0.3 is 10.6 Å². The van der Waals surface area contributed by atoms with Gasteiger partial charge >= 0.3 is 0 Å². The van der Waals surface area contributed by atoms with E-state index in [4.69, 9.17) is 10.7 Å². The summed E-state index contributed by atoms with van der Waals surface area (Å²) in [6.45, 7) is 0. The van der Waals surface area contributed by atoms with E-state index in [9.17, 15) is 0 Å². The van der Waals surface area contributed by atoms with Crippen LogP contribution in [0.1, 0.15) is 11.1 Å². The monoisotopic (exact) mass is 277 g/mol. The molecule has 0 aliphatic rings. The van der Waals surface area contributed by atoms with E-state index < -0.39 is 0 Å². The van der Waals surface area contributed by atoms with Gasteiger partial charge in [-0.2, -0.15) is 0 Å². The van der Waals surface area contributed by atoms with Crippen molar-refractivity contribution in [3.05, 3.63) is 65.7 Å². The first-order chi connectivity index (χ1) is 10.2. The van der Waals surface area contributed by atoms with Gasteiger partial charge in [-0.25, -0.2) is 4.98 Å². The molecule has 0 saturated carbocycles. The van der Waals surface area contributed by atoms with E-state index in [1.807, 2.05) is 49.3 Å². The molecule has 0 unspecified atom stereocenters. The van der Waals surface area contributed by atoms with E-state index in [1.54, 1.807) is 0 Å². The Kier molecular flexibility index (Phi) is 3.48. The van der Waals surface area contributed by atoms with Gasteiger partial charge in [-0.05, 0) is 11.6 Å². The van der Waals surface area contributed by atoms with Crippen LogP contribution < -0.4 is 10.6 Å². The molecule has 106 valence electrons. The normalized spacial score (nSPS) is 10.8. The van der Waals surface area contributed by atoms with Crippen molar-refractivity contribution in [3.63, 3.8) is 0 Å². The lowest BCUT2D eigenvalue weighted by molar-refractivity contribution is 1.04. The zero-order valence-corrected chi connectivity index (χ0v) is 12.4. The Labute approximate surface area is 125 Å². The molecule has 0 atom stereocenters. The molecule has 0 spiro atoms. The van der Waals surface area contributed by atoms with E-state index in [2.05, 4.69) is 24.3 Å². The minimum Gasteiger partial charge on any atom is -0.398 e. The van der Waals surface area contributed by atoms with Crippen LogP contribution in [-0.2, 0) is 6.42 Å². The summed E-state index contributed by atoms with van der Waals surface area (Å²) in [4.78, 5) is 6.81. The molecule has 2 N–H and O–H groups in total. The SMILES string of the molecule is CN(C)c1nc2ccccc2c(N)c1Cc1ccccc1. The molecule has 0 saturated heterocycles. The highest BCUT2D eigenvalue weighted by atomic mass is 15.1. The summed E-state index contributed by atoms with van der Waals surface area (Å²) in [6, 6.07) is 18.4. The van der Waals surface area contributed by atoms with Crippen LogP contribution >= 0.6 is 0 Å². The van der Waals surface area contributed by atoms with Gasteiger partial charge in [0.1, 0.15) is 5.82 Å². The molecular formula is C18H19N3. The number of nitrogen functional groups attached to an aromatic ring is 1. The van der Waals surface area contributed by atoms with E-state index in [-0.39, 0.29) is 0 Å². The third-order valence-corrected chi connectivity index (χ3v) is 3.66. The van der Waals surface area contributed by atoms with Crippen LogP contribution in [0.4, 0.5) is 11.5 Å². The van der Waals surface area contributed by atoms with Crippen LogP contribution in [0.25, 0.3) is 10.9 Å². The van der Waals surface area contributed by atoms with Crippen molar-refractivity contribution in [2.24, 2.45) is 0 Å². The van der Waals surface area contributed by atoms with E-state index in [0.29, 0.717) is 0 Å².